The van der Waals surface area contributed by atoms with Gasteiger partial charge in [0.1, 0.15) is 6.33 Å². The second-order valence-electron chi connectivity index (χ2n) is 3.61. The number of amides is 1. The highest BCUT2D eigenvalue weighted by Crippen LogP contribution is 2.09. The number of halogens is 1. The molecule has 0 aliphatic heterocycles. The van der Waals surface area contributed by atoms with Gasteiger partial charge >= 0.3 is 0 Å². The lowest BCUT2D eigenvalue weighted by Gasteiger charge is -2.05. The third kappa shape index (κ3) is 2.92. The molecule has 0 atom stereocenters. The molecular weight excluding hydrogens is 298 g/mol. The van der Waals surface area contributed by atoms with Gasteiger partial charge in [-0.3, -0.25) is 9.78 Å². The van der Waals surface area contributed by atoms with Gasteiger partial charge in [-0.25, -0.2) is 0 Å². The number of pyridine rings is 1. The zero-order valence-corrected chi connectivity index (χ0v) is 11.4. The Labute approximate surface area is 113 Å². The van der Waals surface area contributed by atoms with E-state index in [0.29, 0.717) is 12.1 Å². The standard InChI is InChI=1S/C11H12BrN5O/c1-2-17-7-15-16-10(17)6-14-11(18)8-3-9(12)5-13-4-8/h3-5,7H,2,6H2,1H3,(H,14,18). The van der Waals surface area contributed by atoms with Crippen LogP contribution >= 0.6 is 15.9 Å². The van der Waals surface area contributed by atoms with Crippen LogP contribution in [0.1, 0.15) is 23.1 Å². The molecule has 0 aromatic carbocycles. The van der Waals surface area contributed by atoms with E-state index in [1.165, 1.54) is 6.20 Å². The van der Waals surface area contributed by atoms with Crippen LogP contribution in [0.2, 0.25) is 0 Å². The van der Waals surface area contributed by atoms with Gasteiger partial charge in [0.2, 0.25) is 0 Å². The molecule has 7 heteroatoms. The van der Waals surface area contributed by atoms with Crippen molar-refractivity contribution >= 4 is 21.8 Å². The van der Waals surface area contributed by atoms with Crippen molar-refractivity contribution in [2.45, 2.75) is 20.0 Å². The molecule has 18 heavy (non-hydrogen) atoms. The largest absolute Gasteiger partial charge is 0.345 e. The first-order chi connectivity index (χ1) is 8.70. The van der Waals surface area contributed by atoms with Gasteiger partial charge in [0.25, 0.3) is 5.91 Å². The van der Waals surface area contributed by atoms with Crippen LogP contribution in [0.4, 0.5) is 0 Å². The number of carbonyl (C=O) groups excluding carboxylic acids is 1. The van der Waals surface area contributed by atoms with E-state index in [0.717, 1.165) is 16.8 Å². The number of rotatable bonds is 4. The SMILES string of the molecule is CCn1cnnc1CNC(=O)c1cncc(Br)c1. The Hall–Kier alpha value is -1.76. The molecule has 0 spiro atoms. The average molecular weight is 310 g/mol. The Morgan fingerprint density at radius 3 is 3.06 bits per heavy atom. The Morgan fingerprint density at radius 1 is 1.50 bits per heavy atom. The van der Waals surface area contributed by atoms with E-state index >= 15 is 0 Å². The maximum absolute atomic E-state index is 11.9. The molecule has 0 aliphatic carbocycles. The third-order valence-electron chi connectivity index (χ3n) is 2.41. The third-order valence-corrected chi connectivity index (χ3v) is 2.84. The minimum Gasteiger partial charge on any atom is -0.345 e. The van der Waals surface area contributed by atoms with Gasteiger partial charge in [0.05, 0.1) is 12.1 Å². The van der Waals surface area contributed by atoms with Crippen molar-refractivity contribution in [3.63, 3.8) is 0 Å². The topological polar surface area (TPSA) is 72.7 Å². The monoisotopic (exact) mass is 309 g/mol. The molecule has 1 N–H and O–H groups in total. The van der Waals surface area contributed by atoms with Crippen molar-refractivity contribution in [1.82, 2.24) is 25.1 Å². The lowest BCUT2D eigenvalue weighted by Crippen LogP contribution is -2.24. The van der Waals surface area contributed by atoms with Gasteiger partial charge in [-0.05, 0) is 28.9 Å². The number of nitrogens with one attached hydrogen (secondary N) is 1. The molecule has 0 saturated heterocycles. The fraction of sp³-hybridized carbons (Fsp3) is 0.273. The lowest BCUT2D eigenvalue weighted by atomic mass is 10.3. The Bertz CT molecular complexity index is 554. The molecule has 2 aromatic heterocycles. The normalized spacial score (nSPS) is 10.3. The molecule has 0 aliphatic rings. The molecule has 0 saturated carbocycles. The van der Waals surface area contributed by atoms with Crippen LogP contribution in [0.15, 0.2) is 29.3 Å². The van der Waals surface area contributed by atoms with Crippen molar-refractivity contribution in [3.8, 4) is 0 Å². The summed E-state index contributed by atoms with van der Waals surface area (Å²) in [7, 11) is 0. The number of hydrogen-bond donors (Lipinski definition) is 1. The predicted octanol–water partition coefficient (Wildman–Crippen LogP) is 1.39. The summed E-state index contributed by atoms with van der Waals surface area (Å²) in [5.74, 6) is 0.545. The Kier molecular flexibility index (Phi) is 4.03. The van der Waals surface area contributed by atoms with E-state index in [9.17, 15) is 4.79 Å². The van der Waals surface area contributed by atoms with E-state index in [4.69, 9.17) is 0 Å². The number of carbonyl (C=O) groups is 1. The zero-order chi connectivity index (χ0) is 13.0. The maximum atomic E-state index is 11.9. The van der Waals surface area contributed by atoms with Gasteiger partial charge in [0, 0.05) is 23.4 Å². The molecule has 2 rings (SSSR count). The van der Waals surface area contributed by atoms with Gasteiger partial charge < -0.3 is 9.88 Å². The molecule has 0 radical (unpaired) electrons. The van der Waals surface area contributed by atoms with E-state index in [1.54, 1.807) is 18.6 Å². The van der Waals surface area contributed by atoms with Crippen LogP contribution in [0.3, 0.4) is 0 Å². The van der Waals surface area contributed by atoms with Crippen LogP contribution in [0.25, 0.3) is 0 Å². The highest BCUT2D eigenvalue weighted by atomic mass is 79.9. The van der Waals surface area contributed by atoms with Crippen LogP contribution < -0.4 is 5.32 Å². The highest BCUT2D eigenvalue weighted by Gasteiger charge is 2.08. The molecule has 0 bridgehead atoms. The first-order valence-corrected chi connectivity index (χ1v) is 6.25. The van der Waals surface area contributed by atoms with E-state index < -0.39 is 0 Å². The average Bonchev–Trinajstić information content (AvgIpc) is 2.83. The van der Waals surface area contributed by atoms with E-state index in [-0.39, 0.29) is 5.91 Å². The first kappa shape index (κ1) is 12.7. The highest BCUT2D eigenvalue weighted by molar-refractivity contribution is 9.10. The van der Waals surface area contributed by atoms with Crippen LogP contribution in [-0.4, -0.2) is 25.7 Å². The van der Waals surface area contributed by atoms with Gasteiger partial charge in [-0.1, -0.05) is 0 Å². The Balaban J connectivity index is 2.00. The second-order valence-corrected chi connectivity index (χ2v) is 4.52. The molecule has 0 unspecified atom stereocenters. The second kappa shape index (κ2) is 5.72. The molecule has 0 fully saturated rings. The molecule has 2 heterocycles. The van der Waals surface area contributed by atoms with Crippen molar-refractivity contribution in [2.24, 2.45) is 0 Å². The summed E-state index contributed by atoms with van der Waals surface area (Å²) in [5, 5.41) is 10.5. The number of hydrogen-bond acceptors (Lipinski definition) is 4. The molecular formula is C11H12BrN5O. The minimum atomic E-state index is -0.186. The van der Waals surface area contributed by atoms with Gasteiger partial charge in [-0.2, -0.15) is 0 Å². The first-order valence-electron chi connectivity index (χ1n) is 5.46. The van der Waals surface area contributed by atoms with Crippen LogP contribution in [0, 0.1) is 0 Å². The lowest BCUT2D eigenvalue weighted by molar-refractivity contribution is 0.0949. The number of nitrogens with zero attached hydrogens (tertiary/aromatic N) is 4. The molecule has 2 aromatic rings. The zero-order valence-electron chi connectivity index (χ0n) is 9.80. The predicted molar refractivity (Wildman–Crippen MR) is 68.8 cm³/mol. The van der Waals surface area contributed by atoms with Gasteiger partial charge in [0.15, 0.2) is 5.82 Å². The number of aryl methyl sites for hydroxylation is 1. The van der Waals surface area contributed by atoms with Crippen molar-refractivity contribution in [2.75, 3.05) is 0 Å². The molecule has 1 amide bonds. The summed E-state index contributed by atoms with van der Waals surface area (Å²) in [6, 6.07) is 1.72. The summed E-state index contributed by atoms with van der Waals surface area (Å²) in [6.45, 7) is 3.11. The van der Waals surface area contributed by atoms with Crippen LogP contribution in [-0.2, 0) is 13.1 Å². The minimum absolute atomic E-state index is 0.186. The van der Waals surface area contributed by atoms with Crippen molar-refractivity contribution in [1.29, 1.82) is 0 Å². The summed E-state index contributed by atoms with van der Waals surface area (Å²) >= 11 is 3.27. The Morgan fingerprint density at radius 2 is 2.33 bits per heavy atom. The van der Waals surface area contributed by atoms with Crippen LogP contribution in [0.5, 0.6) is 0 Å². The van der Waals surface area contributed by atoms with E-state index in [2.05, 4.69) is 36.4 Å². The quantitative estimate of drug-likeness (QED) is 0.926. The maximum Gasteiger partial charge on any atom is 0.253 e. The molecule has 94 valence electrons. The summed E-state index contributed by atoms with van der Waals surface area (Å²) in [4.78, 5) is 15.8. The van der Waals surface area contributed by atoms with E-state index in [1.807, 2.05) is 11.5 Å². The fourth-order valence-electron chi connectivity index (χ4n) is 1.48. The fourth-order valence-corrected chi connectivity index (χ4v) is 1.84. The van der Waals surface area contributed by atoms with Crippen molar-refractivity contribution in [3.05, 3.63) is 40.6 Å². The summed E-state index contributed by atoms with van der Waals surface area (Å²) in [6.07, 6.45) is 4.79. The van der Waals surface area contributed by atoms with Crippen molar-refractivity contribution < 1.29 is 4.79 Å². The van der Waals surface area contributed by atoms with Gasteiger partial charge in [-0.15, -0.1) is 10.2 Å². The number of aromatic nitrogens is 4. The smallest absolute Gasteiger partial charge is 0.253 e. The summed E-state index contributed by atoms with van der Waals surface area (Å²) in [5.41, 5.74) is 0.506. The summed E-state index contributed by atoms with van der Waals surface area (Å²) < 4.78 is 2.64. The molecule has 6 nitrogen and oxygen atoms in total.